The number of alkyl halides is 3. The summed E-state index contributed by atoms with van der Waals surface area (Å²) in [5.41, 5.74) is 0.312. The highest BCUT2D eigenvalue weighted by Gasteiger charge is 2.33. The zero-order valence-electron chi connectivity index (χ0n) is 9.30. The number of esters is 1. The van der Waals surface area contributed by atoms with E-state index in [1.165, 1.54) is 12.1 Å². The molecule has 0 amide bonds. The summed E-state index contributed by atoms with van der Waals surface area (Å²) in [5, 5.41) is 0. The summed E-state index contributed by atoms with van der Waals surface area (Å²) < 4.78 is 44.8. The van der Waals surface area contributed by atoms with E-state index in [1.807, 2.05) is 0 Å². The van der Waals surface area contributed by atoms with Crippen LogP contribution in [0.3, 0.4) is 0 Å². The average molecular weight is 248 g/mol. The molecule has 0 spiro atoms. The van der Waals surface area contributed by atoms with Gasteiger partial charge in [-0.3, -0.25) is 0 Å². The average Bonchev–Trinajstić information content (AvgIpc) is 2.15. The number of hydrogen-bond donors (Lipinski definition) is 0. The molecule has 0 aliphatic carbocycles. The van der Waals surface area contributed by atoms with Gasteiger partial charge in [-0.15, -0.1) is 13.2 Å². The van der Waals surface area contributed by atoms with E-state index < -0.39 is 18.1 Å². The van der Waals surface area contributed by atoms with Gasteiger partial charge in [0.05, 0.1) is 6.61 Å². The highest BCUT2D eigenvalue weighted by atomic mass is 19.4. The fourth-order valence-electron chi connectivity index (χ4n) is 1.22. The van der Waals surface area contributed by atoms with Crippen molar-refractivity contribution in [1.82, 2.24) is 0 Å². The first-order valence-corrected chi connectivity index (χ1v) is 4.87. The lowest BCUT2D eigenvalue weighted by atomic mass is 10.1. The Hall–Kier alpha value is -1.72. The van der Waals surface area contributed by atoms with Crippen LogP contribution >= 0.6 is 0 Å². The Bertz CT molecular complexity index is 413. The lowest BCUT2D eigenvalue weighted by Crippen LogP contribution is -2.19. The lowest BCUT2D eigenvalue weighted by Gasteiger charge is -2.13. The molecule has 0 aromatic heterocycles. The summed E-state index contributed by atoms with van der Waals surface area (Å²) in [7, 11) is 0. The van der Waals surface area contributed by atoms with Crippen LogP contribution in [0.15, 0.2) is 18.2 Å². The third-order valence-corrected chi connectivity index (χ3v) is 1.86. The first kappa shape index (κ1) is 13.3. The van der Waals surface area contributed by atoms with Crippen molar-refractivity contribution in [2.45, 2.75) is 20.2 Å². The molecular weight excluding hydrogens is 237 g/mol. The summed E-state index contributed by atoms with van der Waals surface area (Å²) in [5.74, 6) is -1.39. The molecule has 0 bridgehead atoms. The highest BCUT2D eigenvalue weighted by molar-refractivity contribution is 5.92. The van der Waals surface area contributed by atoms with Gasteiger partial charge in [-0.05, 0) is 31.5 Å². The molecule has 3 nitrogen and oxygen atoms in total. The van der Waals surface area contributed by atoms with Crippen LogP contribution in [0.4, 0.5) is 13.2 Å². The monoisotopic (exact) mass is 248 g/mol. The van der Waals surface area contributed by atoms with Gasteiger partial charge in [0, 0.05) is 0 Å². The number of rotatable bonds is 3. The molecule has 0 heterocycles. The number of aryl methyl sites for hydroxylation is 1. The van der Waals surface area contributed by atoms with Crippen molar-refractivity contribution in [1.29, 1.82) is 0 Å². The zero-order valence-corrected chi connectivity index (χ0v) is 9.30. The van der Waals surface area contributed by atoms with Crippen molar-refractivity contribution in [2.24, 2.45) is 0 Å². The van der Waals surface area contributed by atoms with Crippen molar-refractivity contribution in [3.63, 3.8) is 0 Å². The molecule has 1 rings (SSSR count). The second-order valence-electron chi connectivity index (χ2n) is 3.27. The standard InChI is InChI=1S/C11H11F3O3/c1-3-16-10(15)8-5-4-7(2)6-9(8)17-11(12,13)14/h4-6H,3H2,1-2H3. The maximum atomic E-state index is 12.1. The van der Waals surface area contributed by atoms with Gasteiger partial charge in [-0.25, -0.2) is 4.79 Å². The fraction of sp³-hybridized carbons (Fsp3) is 0.364. The molecule has 17 heavy (non-hydrogen) atoms. The van der Waals surface area contributed by atoms with Gasteiger partial charge >= 0.3 is 12.3 Å². The maximum absolute atomic E-state index is 12.1. The number of hydrogen-bond acceptors (Lipinski definition) is 3. The highest BCUT2D eigenvalue weighted by Crippen LogP contribution is 2.27. The molecule has 1 aromatic carbocycles. The van der Waals surface area contributed by atoms with Crippen molar-refractivity contribution in [3.8, 4) is 5.75 Å². The molecule has 0 saturated heterocycles. The van der Waals surface area contributed by atoms with Crippen LogP contribution in [0.5, 0.6) is 5.75 Å². The smallest absolute Gasteiger partial charge is 0.462 e. The van der Waals surface area contributed by atoms with Crippen molar-refractivity contribution in [3.05, 3.63) is 29.3 Å². The quantitative estimate of drug-likeness (QED) is 0.771. The van der Waals surface area contributed by atoms with Gasteiger partial charge in [0.2, 0.25) is 0 Å². The summed E-state index contributed by atoms with van der Waals surface area (Å²) in [6.45, 7) is 3.24. The Kier molecular flexibility index (Phi) is 3.98. The summed E-state index contributed by atoms with van der Waals surface area (Å²) in [6, 6.07) is 3.89. The van der Waals surface area contributed by atoms with Crippen molar-refractivity contribution >= 4 is 5.97 Å². The fourth-order valence-corrected chi connectivity index (χ4v) is 1.22. The van der Waals surface area contributed by atoms with E-state index in [9.17, 15) is 18.0 Å². The van der Waals surface area contributed by atoms with Gasteiger partial charge in [-0.1, -0.05) is 6.07 Å². The van der Waals surface area contributed by atoms with E-state index in [2.05, 4.69) is 9.47 Å². The molecule has 94 valence electrons. The summed E-state index contributed by atoms with van der Waals surface area (Å²) in [6.07, 6.45) is -4.84. The number of ether oxygens (including phenoxy) is 2. The Balaban J connectivity index is 3.08. The first-order chi connectivity index (χ1) is 7.83. The zero-order chi connectivity index (χ0) is 13.1. The van der Waals surface area contributed by atoms with Crippen molar-refractivity contribution < 1.29 is 27.4 Å². The molecule has 1 aromatic rings. The number of carbonyl (C=O) groups is 1. The van der Waals surface area contributed by atoms with Crippen LogP contribution in [0.2, 0.25) is 0 Å². The molecule has 0 radical (unpaired) electrons. The van der Waals surface area contributed by atoms with Gasteiger partial charge in [0.25, 0.3) is 0 Å². The van der Waals surface area contributed by atoms with E-state index in [-0.39, 0.29) is 12.2 Å². The van der Waals surface area contributed by atoms with Crippen molar-refractivity contribution in [2.75, 3.05) is 6.61 Å². The Morgan fingerprint density at radius 1 is 1.35 bits per heavy atom. The van der Waals surface area contributed by atoms with E-state index >= 15 is 0 Å². The van der Waals surface area contributed by atoms with Gasteiger partial charge < -0.3 is 9.47 Å². The second-order valence-corrected chi connectivity index (χ2v) is 3.27. The minimum absolute atomic E-state index is 0.0815. The lowest BCUT2D eigenvalue weighted by molar-refractivity contribution is -0.274. The molecule has 0 aliphatic heterocycles. The predicted octanol–water partition coefficient (Wildman–Crippen LogP) is 3.07. The maximum Gasteiger partial charge on any atom is 0.573 e. The topological polar surface area (TPSA) is 35.5 Å². The van der Waals surface area contributed by atoms with Crippen LogP contribution in [0.25, 0.3) is 0 Å². The molecule has 0 saturated carbocycles. The molecule has 0 fully saturated rings. The van der Waals surface area contributed by atoms with Crippen LogP contribution in [0.1, 0.15) is 22.8 Å². The van der Waals surface area contributed by atoms with E-state index in [0.717, 1.165) is 6.07 Å². The number of carbonyl (C=O) groups excluding carboxylic acids is 1. The molecule has 0 atom stereocenters. The van der Waals surface area contributed by atoms with Crippen LogP contribution < -0.4 is 4.74 Å². The number of halogens is 3. The summed E-state index contributed by atoms with van der Waals surface area (Å²) >= 11 is 0. The second kappa shape index (κ2) is 5.07. The third-order valence-electron chi connectivity index (χ3n) is 1.86. The van der Waals surface area contributed by atoms with Crippen LogP contribution in [-0.4, -0.2) is 18.9 Å². The minimum Gasteiger partial charge on any atom is -0.462 e. The molecular formula is C11H11F3O3. The SMILES string of the molecule is CCOC(=O)c1ccc(C)cc1OC(F)(F)F. The molecule has 6 heteroatoms. The molecule has 0 unspecified atom stereocenters. The third kappa shape index (κ3) is 3.97. The Labute approximate surface area is 96.1 Å². The predicted molar refractivity (Wildman–Crippen MR) is 53.8 cm³/mol. The Morgan fingerprint density at radius 2 is 2.00 bits per heavy atom. The molecule has 0 N–H and O–H groups in total. The van der Waals surface area contributed by atoms with Gasteiger partial charge in [0.15, 0.2) is 0 Å². The number of benzene rings is 1. The summed E-state index contributed by atoms with van der Waals surface area (Å²) in [4.78, 5) is 11.4. The van der Waals surface area contributed by atoms with Crippen LogP contribution in [0, 0.1) is 6.92 Å². The minimum atomic E-state index is -4.84. The van der Waals surface area contributed by atoms with E-state index in [0.29, 0.717) is 5.56 Å². The van der Waals surface area contributed by atoms with Gasteiger partial charge in [0.1, 0.15) is 11.3 Å². The largest absolute Gasteiger partial charge is 0.573 e. The Morgan fingerprint density at radius 3 is 2.53 bits per heavy atom. The van der Waals surface area contributed by atoms with E-state index in [1.54, 1.807) is 13.8 Å². The molecule has 0 aliphatic rings. The van der Waals surface area contributed by atoms with Gasteiger partial charge in [-0.2, -0.15) is 0 Å². The normalized spacial score (nSPS) is 11.1. The van der Waals surface area contributed by atoms with Crippen LogP contribution in [-0.2, 0) is 4.74 Å². The first-order valence-electron chi connectivity index (χ1n) is 4.87. The van der Waals surface area contributed by atoms with E-state index in [4.69, 9.17) is 0 Å².